The number of fused-ring (bicyclic) bond motifs is 1. The largest absolute Gasteiger partial charge is 0.450 e. The summed E-state index contributed by atoms with van der Waals surface area (Å²) < 4.78 is 64.2. The van der Waals surface area contributed by atoms with Crippen LogP contribution in [0.2, 0.25) is 0 Å². The number of benzene rings is 1. The zero-order valence-corrected chi connectivity index (χ0v) is 20.0. The minimum Gasteiger partial charge on any atom is -0.450 e. The number of aliphatic imine (C=N–C) groups is 1. The number of allylic oxidation sites excluding steroid dienone is 2. The van der Waals surface area contributed by atoms with Gasteiger partial charge in [0.25, 0.3) is 5.90 Å². The van der Waals surface area contributed by atoms with Crippen molar-refractivity contribution in [3.8, 4) is 11.5 Å². The van der Waals surface area contributed by atoms with Gasteiger partial charge in [-0.15, -0.1) is 0 Å². The summed E-state index contributed by atoms with van der Waals surface area (Å²) in [6.07, 6.45) is 9.18. The van der Waals surface area contributed by atoms with Gasteiger partial charge in [0.2, 0.25) is 5.75 Å². The number of nitrogens with zero attached hydrogens (tertiary/aromatic N) is 2. The highest BCUT2D eigenvalue weighted by Crippen LogP contribution is 2.30. The van der Waals surface area contributed by atoms with Crippen molar-refractivity contribution in [2.45, 2.75) is 24.5 Å². The first-order valence-corrected chi connectivity index (χ1v) is 12.9. The standard InChI is InChI=1S/C25H22F2N4O4S/c1-2-36(32,33)22-10-9-16(14-29-22)34-21-13-15-12-20(19-8-3-4-11-28-19)30-24(15)31-25(21)35-23-17(26)6-5-7-18(23)27/h3,5-10,12-14,24,28,30H,2,4,11H2,1H3. The van der Waals surface area contributed by atoms with Gasteiger partial charge in [0.15, 0.2) is 32.3 Å². The third-order valence-electron chi connectivity index (χ3n) is 5.63. The van der Waals surface area contributed by atoms with Crippen molar-refractivity contribution in [2.24, 2.45) is 4.99 Å². The fourth-order valence-electron chi connectivity index (χ4n) is 3.74. The molecule has 8 nitrogen and oxygen atoms in total. The molecule has 0 bridgehead atoms. The number of sulfone groups is 1. The van der Waals surface area contributed by atoms with E-state index in [-0.39, 0.29) is 28.2 Å². The number of hydrogen-bond donors (Lipinski definition) is 2. The molecule has 1 aromatic heterocycles. The van der Waals surface area contributed by atoms with E-state index in [0.29, 0.717) is 0 Å². The molecular formula is C25H22F2N4O4S. The summed E-state index contributed by atoms with van der Waals surface area (Å²) in [5, 5.41) is 6.49. The van der Waals surface area contributed by atoms with Crippen molar-refractivity contribution < 1.29 is 26.7 Å². The van der Waals surface area contributed by atoms with Gasteiger partial charge in [0.1, 0.15) is 11.9 Å². The normalized spacial score (nSPS) is 21.0. The Kier molecular flexibility index (Phi) is 6.31. The predicted octanol–water partition coefficient (Wildman–Crippen LogP) is 3.52. The molecule has 1 atom stereocenters. The average Bonchev–Trinajstić information content (AvgIpc) is 3.30. The lowest BCUT2D eigenvalue weighted by Gasteiger charge is -2.21. The lowest BCUT2D eigenvalue weighted by Crippen LogP contribution is -2.32. The van der Waals surface area contributed by atoms with E-state index in [1.165, 1.54) is 31.3 Å². The Morgan fingerprint density at radius 3 is 2.56 bits per heavy atom. The maximum atomic E-state index is 14.3. The van der Waals surface area contributed by atoms with Gasteiger partial charge in [-0.1, -0.05) is 19.1 Å². The molecule has 3 aliphatic heterocycles. The number of pyridine rings is 1. The first kappa shape index (κ1) is 23.7. The summed E-state index contributed by atoms with van der Waals surface area (Å²) in [6, 6.07) is 6.15. The van der Waals surface area contributed by atoms with Gasteiger partial charge < -0.3 is 20.1 Å². The van der Waals surface area contributed by atoms with Crippen LogP contribution in [-0.4, -0.2) is 37.8 Å². The van der Waals surface area contributed by atoms with E-state index >= 15 is 0 Å². The van der Waals surface area contributed by atoms with Crippen molar-refractivity contribution in [3.63, 3.8) is 0 Å². The molecule has 11 heteroatoms. The number of rotatable bonds is 5. The minimum atomic E-state index is -3.48. The molecule has 2 aromatic rings. The van der Waals surface area contributed by atoms with E-state index in [4.69, 9.17) is 9.47 Å². The molecule has 0 spiro atoms. The summed E-state index contributed by atoms with van der Waals surface area (Å²) in [4.78, 5) is 8.47. The van der Waals surface area contributed by atoms with Crippen LogP contribution in [-0.2, 0) is 9.84 Å². The van der Waals surface area contributed by atoms with Crippen molar-refractivity contribution in [1.82, 2.24) is 15.6 Å². The molecule has 0 aliphatic carbocycles. The maximum absolute atomic E-state index is 14.3. The third-order valence-corrected chi connectivity index (χ3v) is 7.27. The van der Waals surface area contributed by atoms with Crippen molar-refractivity contribution in [2.75, 3.05) is 12.3 Å². The molecular weight excluding hydrogens is 490 g/mol. The van der Waals surface area contributed by atoms with Gasteiger partial charge in [-0.3, -0.25) is 0 Å². The number of nitrogens with one attached hydrogen (secondary N) is 2. The summed E-state index contributed by atoms with van der Waals surface area (Å²) in [6.45, 7) is 2.33. The van der Waals surface area contributed by atoms with E-state index < -0.39 is 33.4 Å². The van der Waals surface area contributed by atoms with Crippen LogP contribution in [0.4, 0.5) is 8.78 Å². The predicted molar refractivity (Wildman–Crippen MR) is 129 cm³/mol. The Balaban J connectivity index is 1.50. The zero-order chi connectivity index (χ0) is 25.3. The molecule has 5 rings (SSSR count). The quantitative estimate of drug-likeness (QED) is 0.632. The fraction of sp³-hybridized carbons (Fsp3) is 0.200. The average molecular weight is 513 g/mol. The SMILES string of the molecule is CCS(=O)(=O)c1ccc(OC2=CC3=CC(=C4C=CCCN4)NC3N=C2Oc2c(F)cccc2F)cn1. The van der Waals surface area contributed by atoms with E-state index in [9.17, 15) is 17.2 Å². The van der Waals surface area contributed by atoms with Crippen molar-refractivity contribution in [1.29, 1.82) is 0 Å². The Morgan fingerprint density at radius 1 is 1.08 bits per heavy atom. The van der Waals surface area contributed by atoms with Crippen LogP contribution in [0.1, 0.15) is 13.3 Å². The van der Waals surface area contributed by atoms with E-state index in [1.54, 1.807) is 6.08 Å². The molecule has 186 valence electrons. The lowest BCUT2D eigenvalue weighted by molar-refractivity contribution is 0.391. The monoisotopic (exact) mass is 512 g/mol. The summed E-state index contributed by atoms with van der Waals surface area (Å²) in [5.74, 6) is -2.38. The fourth-order valence-corrected chi connectivity index (χ4v) is 4.53. The van der Waals surface area contributed by atoms with E-state index in [1.807, 2.05) is 12.2 Å². The van der Waals surface area contributed by atoms with Crippen LogP contribution in [0.15, 0.2) is 93.6 Å². The second kappa shape index (κ2) is 9.57. The zero-order valence-electron chi connectivity index (χ0n) is 19.2. The molecule has 0 radical (unpaired) electrons. The van der Waals surface area contributed by atoms with Gasteiger partial charge in [0.05, 0.1) is 23.3 Å². The molecule has 0 fully saturated rings. The highest BCUT2D eigenvalue weighted by Gasteiger charge is 2.31. The van der Waals surface area contributed by atoms with Gasteiger partial charge in [0, 0.05) is 12.1 Å². The van der Waals surface area contributed by atoms with Gasteiger partial charge in [-0.05, 0) is 48.9 Å². The molecule has 0 amide bonds. The van der Waals surface area contributed by atoms with Crippen LogP contribution in [0.25, 0.3) is 0 Å². The molecule has 0 saturated heterocycles. The van der Waals surface area contributed by atoms with Crippen LogP contribution in [0.3, 0.4) is 0 Å². The summed E-state index contributed by atoms with van der Waals surface area (Å²) in [7, 11) is -3.48. The maximum Gasteiger partial charge on any atom is 0.261 e. The Labute approximate surface area is 206 Å². The van der Waals surface area contributed by atoms with Crippen molar-refractivity contribution in [3.05, 3.63) is 95.2 Å². The van der Waals surface area contributed by atoms with Crippen LogP contribution in [0.5, 0.6) is 11.5 Å². The minimum absolute atomic E-state index is 0.0771. The van der Waals surface area contributed by atoms with E-state index in [0.717, 1.165) is 42.1 Å². The Hall–Kier alpha value is -3.99. The molecule has 4 heterocycles. The number of halogens is 2. The van der Waals surface area contributed by atoms with Crippen molar-refractivity contribution >= 4 is 15.7 Å². The molecule has 36 heavy (non-hydrogen) atoms. The number of para-hydroxylation sites is 1. The molecule has 1 unspecified atom stereocenters. The first-order chi connectivity index (χ1) is 17.3. The van der Waals surface area contributed by atoms with Crippen LogP contribution in [0, 0.1) is 11.6 Å². The highest BCUT2D eigenvalue weighted by atomic mass is 32.2. The second-order valence-corrected chi connectivity index (χ2v) is 10.3. The van der Waals surface area contributed by atoms with Crippen LogP contribution >= 0.6 is 0 Å². The molecule has 0 saturated carbocycles. The number of aromatic nitrogens is 1. The van der Waals surface area contributed by atoms with E-state index in [2.05, 4.69) is 26.7 Å². The smallest absolute Gasteiger partial charge is 0.261 e. The lowest BCUT2D eigenvalue weighted by atomic mass is 10.1. The molecule has 2 N–H and O–H groups in total. The topological polar surface area (TPSA) is 102 Å². The first-order valence-electron chi connectivity index (χ1n) is 11.3. The Bertz CT molecular complexity index is 1440. The Morgan fingerprint density at radius 2 is 1.89 bits per heavy atom. The molecule has 1 aromatic carbocycles. The summed E-state index contributed by atoms with van der Waals surface area (Å²) in [5.41, 5.74) is 2.45. The molecule has 3 aliphatic rings. The number of hydrogen-bond acceptors (Lipinski definition) is 8. The highest BCUT2D eigenvalue weighted by molar-refractivity contribution is 7.91. The van der Waals surface area contributed by atoms with Gasteiger partial charge in [-0.2, -0.15) is 0 Å². The van der Waals surface area contributed by atoms with Crippen LogP contribution < -0.4 is 20.1 Å². The second-order valence-electron chi connectivity index (χ2n) is 8.07. The summed E-state index contributed by atoms with van der Waals surface area (Å²) >= 11 is 0. The number of dihydropyridines is 1. The number of ether oxygens (including phenoxy) is 2. The third kappa shape index (κ3) is 4.74. The van der Waals surface area contributed by atoms with Gasteiger partial charge >= 0.3 is 0 Å². The van der Waals surface area contributed by atoms with Gasteiger partial charge in [-0.25, -0.2) is 27.2 Å².